The summed E-state index contributed by atoms with van der Waals surface area (Å²) in [6, 6.07) is 156. The molecule has 4 atom stereocenters. The fourth-order valence-corrected chi connectivity index (χ4v) is 32.7. The van der Waals surface area contributed by atoms with Crippen LogP contribution in [0.3, 0.4) is 0 Å². The highest BCUT2D eigenvalue weighted by atomic mass is 32.1. The zero-order valence-electron chi connectivity index (χ0n) is 81.5. The minimum atomic E-state index is -0.326. The maximum absolute atomic E-state index is 2.53. The van der Waals surface area contributed by atoms with E-state index in [4.69, 9.17) is 0 Å². The quantitative estimate of drug-likeness (QED) is 0.150. The first kappa shape index (κ1) is 85.9. The van der Waals surface area contributed by atoms with E-state index in [1.807, 2.05) is 45.3 Å². The molecule has 688 valence electrons. The Morgan fingerprint density at radius 1 is 0.160 bits per heavy atom. The molecule has 0 aliphatic heterocycles. The standard InChI is InChI=1S/4C34H25NS/c1-35(2)20-21-10-9-14-25-22-11-3-6-15-28(22)34(33(21)25)29-16-7-4-12-23(29)26-19-32-27(18-30(26)34)24-13-5-8-17-31(24)36-32;1-35(2)20-21-10-9-14-25-22-11-3-6-15-28(22)34(33(21)25)29-16-7-4-12-23(29)26-18-27-24-13-5-8-17-31(24)36-32(27)19-30(26)34;1-35(2)20-21-10-9-14-24-22-11-3-6-15-27(22)34(32(21)24)28-16-7-4-12-23(28)25-18-19-30-31(33(25)34)26-13-5-8-17-29(26)36-30;1-35(2)20-21-10-9-14-25-22-11-3-6-15-28(22)34(31(21)25)29-16-7-4-12-23(29)26-18-19-27-24-13-5-8-17-30(24)36-33(27)32(26)34/h4*3-19H,20H2,1-2H3. The monoisotopic (exact) mass is 1920 g/mol. The van der Waals surface area contributed by atoms with Crippen LogP contribution in [0.15, 0.2) is 413 Å². The predicted molar refractivity (Wildman–Crippen MR) is 612 cm³/mol. The van der Waals surface area contributed by atoms with Crippen LogP contribution in [0.2, 0.25) is 0 Å². The van der Waals surface area contributed by atoms with Gasteiger partial charge in [-0.3, -0.25) is 0 Å². The van der Waals surface area contributed by atoms with E-state index < -0.39 is 0 Å². The van der Waals surface area contributed by atoms with Crippen molar-refractivity contribution < 1.29 is 0 Å². The highest BCUT2D eigenvalue weighted by molar-refractivity contribution is 7.27. The number of rotatable bonds is 8. The lowest BCUT2D eigenvalue weighted by molar-refractivity contribution is 0.400. The van der Waals surface area contributed by atoms with E-state index in [0.29, 0.717) is 0 Å². The third-order valence-electron chi connectivity index (χ3n) is 32.7. The molecule has 4 unspecified atom stereocenters. The van der Waals surface area contributed by atoms with Crippen molar-refractivity contribution in [2.24, 2.45) is 0 Å². The summed E-state index contributed by atoms with van der Waals surface area (Å²) in [7, 11) is 17.4. The van der Waals surface area contributed by atoms with E-state index >= 15 is 0 Å². The van der Waals surface area contributed by atoms with Crippen LogP contribution in [0.1, 0.15) is 111 Å². The molecule has 0 amide bonds. The Kier molecular flexibility index (Phi) is 19.3. The lowest BCUT2D eigenvalue weighted by atomic mass is 9.68. The van der Waals surface area contributed by atoms with Crippen molar-refractivity contribution in [3.8, 4) is 89.0 Å². The van der Waals surface area contributed by atoms with Crippen molar-refractivity contribution in [1.82, 2.24) is 19.6 Å². The molecular weight excluding hydrogens is 1820 g/mol. The van der Waals surface area contributed by atoms with Crippen LogP contribution in [-0.4, -0.2) is 76.0 Å². The lowest BCUT2D eigenvalue weighted by Gasteiger charge is -2.33. The van der Waals surface area contributed by atoms with Gasteiger partial charge in [0.1, 0.15) is 0 Å². The van der Waals surface area contributed by atoms with Gasteiger partial charge in [-0.25, -0.2) is 0 Å². The van der Waals surface area contributed by atoms with Crippen LogP contribution >= 0.6 is 45.3 Å². The fraction of sp³-hybridized carbons (Fsp3) is 0.118. The average molecular weight is 1920 g/mol. The van der Waals surface area contributed by atoms with Gasteiger partial charge in [-0.05, 0) is 311 Å². The molecule has 0 bridgehead atoms. The lowest BCUT2D eigenvalue weighted by Crippen LogP contribution is -2.28. The Balaban J connectivity index is 0.0000000913. The summed E-state index contributed by atoms with van der Waals surface area (Å²) in [5.74, 6) is 0. The number of benzene rings is 20. The first-order valence-electron chi connectivity index (χ1n) is 50.4. The summed E-state index contributed by atoms with van der Waals surface area (Å²) in [5, 5.41) is 11.0. The van der Waals surface area contributed by atoms with Crippen molar-refractivity contribution in [2.75, 3.05) is 56.4 Å². The third kappa shape index (κ3) is 11.7. The average Bonchev–Trinajstić information content (AvgIpc) is 1.50. The Hall–Kier alpha value is -14.9. The Morgan fingerprint density at radius 2 is 0.424 bits per heavy atom. The van der Waals surface area contributed by atoms with Gasteiger partial charge in [0, 0.05) is 107 Å². The number of nitrogens with zero attached hydrogens (tertiary/aromatic N) is 4. The second kappa shape index (κ2) is 32.3. The van der Waals surface area contributed by atoms with Crippen LogP contribution in [0, 0.1) is 0 Å². The summed E-state index contributed by atoms with van der Waals surface area (Å²) in [6.45, 7) is 3.66. The van der Waals surface area contributed by atoms with Crippen molar-refractivity contribution in [3.05, 3.63) is 524 Å². The first-order valence-corrected chi connectivity index (χ1v) is 53.7. The smallest absolute Gasteiger partial charge is 0.0742 e. The van der Waals surface area contributed by atoms with Gasteiger partial charge in [-0.2, -0.15) is 0 Å². The van der Waals surface area contributed by atoms with Gasteiger partial charge in [-0.1, -0.05) is 358 Å². The SMILES string of the molecule is CN(C)Cc1cccc2c1C1(c3ccccc3-2)c2ccccc2-c2ccc3c(sc4ccccc43)c21.CN(C)Cc1cccc2c1C1(c3ccccc3-2)c2ccccc2-c2ccc3sc4ccccc4c3c21.CN(C)Cc1cccc2c1C1(c3ccccc3-c3cc4c(cc31)sc1ccccc14)c1ccccc1-2.CN(C)Cc1cccc2c1C1(c3ccccc3-c3cc4sc5ccccc5c4cc31)c1ccccc1-2. The predicted octanol–water partition coefficient (Wildman–Crippen LogP) is 33.8. The zero-order valence-corrected chi connectivity index (χ0v) is 84.8. The van der Waals surface area contributed by atoms with E-state index in [9.17, 15) is 0 Å². The summed E-state index contributed by atoms with van der Waals surface area (Å²) in [6.07, 6.45) is 0. The molecule has 144 heavy (non-hydrogen) atoms. The van der Waals surface area contributed by atoms with Gasteiger partial charge in [-0.15, -0.1) is 45.3 Å². The Morgan fingerprint density at radius 3 is 0.819 bits per heavy atom. The van der Waals surface area contributed by atoms with Gasteiger partial charge in [0.05, 0.1) is 21.7 Å². The Bertz CT molecular complexity index is 9550. The minimum Gasteiger partial charge on any atom is -0.305 e. The van der Waals surface area contributed by atoms with Gasteiger partial charge in [0.25, 0.3) is 0 Å². The maximum Gasteiger partial charge on any atom is 0.0742 e. The molecule has 0 saturated heterocycles. The van der Waals surface area contributed by atoms with Crippen molar-refractivity contribution in [2.45, 2.75) is 47.8 Å². The topological polar surface area (TPSA) is 13.0 Å². The zero-order chi connectivity index (χ0) is 96.1. The fourth-order valence-electron chi connectivity index (χ4n) is 28.0. The maximum atomic E-state index is 2.53. The van der Waals surface area contributed by atoms with Gasteiger partial charge >= 0.3 is 0 Å². The molecule has 0 N–H and O–H groups in total. The normalized spacial score (nSPS) is 17.1. The summed E-state index contributed by atoms with van der Waals surface area (Å²) < 4.78 is 11.0. The highest BCUT2D eigenvalue weighted by Crippen LogP contribution is 2.71. The molecule has 0 fully saturated rings. The highest BCUT2D eigenvalue weighted by Gasteiger charge is 2.59. The van der Waals surface area contributed by atoms with E-state index in [2.05, 4.69) is 488 Å². The van der Waals surface area contributed by atoms with Crippen LogP contribution in [-0.2, 0) is 47.8 Å². The Labute approximate surface area is 855 Å². The second-order valence-corrected chi connectivity index (χ2v) is 45.9. The molecule has 8 aliphatic carbocycles. The first-order chi connectivity index (χ1) is 70.7. The molecule has 4 heterocycles. The van der Waals surface area contributed by atoms with Gasteiger partial charge < -0.3 is 19.6 Å². The molecule has 8 aliphatic rings. The molecule has 4 aromatic heterocycles. The van der Waals surface area contributed by atoms with Gasteiger partial charge in [0.2, 0.25) is 0 Å². The summed E-state index contributed by atoms with van der Waals surface area (Å²) >= 11 is 7.70. The van der Waals surface area contributed by atoms with Crippen molar-refractivity contribution in [3.63, 3.8) is 0 Å². The molecule has 32 rings (SSSR count). The number of fused-ring (bicyclic) bond motifs is 54. The number of hydrogen-bond acceptors (Lipinski definition) is 8. The molecule has 4 spiro atoms. The van der Waals surface area contributed by atoms with E-state index in [-0.39, 0.29) is 21.7 Å². The van der Waals surface area contributed by atoms with E-state index in [0.717, 1.165) is 26.2 Å². The van der Waals surface area contributed by atoms with E-state index in [1.54, 1.807) is 0 Å². The van der Waals surface area contributed by atoms with Crippen LogP contribution < -0.4 is 0 Å². The summed E-state index contributed by atoms with van der Waals surface area (Å²) in [4.78, 5) is 9.19. The van der Waals surface area contributed by atoms with Crippen molar-refractivity contribution >= 4 is 126 Å². The molecule has 24 aromatic rings. The van der Waals surface area contributed by atoms with Crippen molar-refractivity contribution in [1.29, 1.82) is 0 Å². The van der Waals surface area contributed by atoms with Crippen LogP contribution in [0.5, 0.6) is 0 Å². The number of hydrogen-bond donors (Lipinski definition) is 0. The largest absolute Gasteiger partial charge is 0.305 e. The molecule has 20 aromatic carbocycles. The number of thiophene rings is 4. The molecular formula is C136H100N4S4. The second-order valence-electron chi connectivity index (χ2n) is 41.6. The molecule has 0 saturated carbocycles. The van der Waals surface area contributed by atoms with E-state index in [1.165, 1.54) is 281 Å². The molecule has 0 radical (unpaired) electrons. The van der Waals surface area contributed by atoms with Crippen LogP contribution in [0.4, 0.5) is 0 Å². The minimum absolute atomic E-state index is 0.297. The summed E-state index contributed by atoms with van der Waals surface area (Å²) in [5.41, 5.74) is 49.4. The molecule has 4 nitrogen and oxygen atoms in total. The van der Waals surface area contributed by atoms with Crippen LogP contribution in [0.25, 0.3) is 170 Å². The third-order valence-corrected chi connectivity index (χ3v) is 37.3. The van der Waals surface area contributed by atoms with Gasteiger partial charge in [0.15, 0.2) is 0 Å². The molecule has 8 heteroatoms.